The van der Waals surface area contributed by atoms with Crippen molar-refractivity contribution in [3.05, 3.63) is 59.7 Å². The predicted molar refractivity (Wildman–Crippen MR) is 106 cm³/mol. The number of nitrogens with zero attached hydrogens (tertiary/aromatic N) is 2. The van der Waals surface area contributed by atoms with Crippen molar-refractivity contribution in [1.82, 2.24) is 9.55 Å². The predicted octanol–water partition coefficient (Wildman–Crippen LogP) is 3.70. The Labute approximate surface area is 162 Å². The molecule has 0 aliphatic rings. The molecule has 2 aromatic heterocycles. The van der Waals surface area contributed by atoms with Gasteiger partial charge in [-0.15, -0.1) is 0 Å². The number of allylic oxidation sites excluding steroid dienone is 1. The van der Waals surface area contributed by atoms with E-state index >= 15 is 0 Å². The van der Waals surface area contributed by atoms with Crippen molar-refractivity contribution < 1.29 is 17.2 Å². The summed E-state index contributed by atoms with van der Waals surface area (Å²) in [7, 11) is -3.40. The van der Waals surface area contributed by atoms with Crippen LogP contribution in [0.5, 0.6) is 0 Å². The zero-order valence-corrected chi connectivity index (χ0v) is 16.4. The molecule has 28 heavy (non-hydrogen) atoms. The molecule has 0 unspecified atom stereocenters. The summed E-state index contributed by atoms with van der Waals surface area (Å²) in [6, 6.07) is 9.72. The first-order valence-corrected chi connectivity index (χ1v) is 10.5. The fourth-order valence-corrected chi connectivity index (χ4v) is 3.90. The molecule has 0 saturated carbocycles. The largest absolute Gasteiger partial charge is 0.336 e. The molecule has 0 atom stereocenters. The van der Waals surface area contributed by atoms with Crippen molar-refractivity contribution >= 4 is 20.9 Å². The molecule has 2 N–H and O–H groups in total. The van der Waals surface area contributed by atoms with Crippen molar-refractivity contribution in [1.29, 1.82) is 0 Å². The Balaban J connectivity index is 2.30. The van der Waals surface area contributed by atoms with Gasteiger partial charge in [-0.1, -0.05) is 12.1 Å². The van der Waals surface area contributed by atoms with Crippen LogP contribution in [0.4, 0.5) is 8.78 Å². The van der Waals surface area contributed by atoms with E-state index in [9.17, 15) is 17.2 Å². The van der Waals surface area contributed by atoms with Crippen LogP contribution in [-0.2, 0) is 23.1 Å². The summed E-state index contributed by atoms with van der Waals surface area (Å²) in [6.07, 6.45) is 2.42. The van der Waals surface area contributed by atoms with Crippen molar-refractivity contribution in [3.63, 3.8) is 0 Å². The first kappa shape index (κ1) is 20.2. The number of benzene rings is 1. The van der Waals surface area contributed by atoms with Crippen LogP contribution >= 0.6 is 0 Å². The zero-order valence-electron chi connectivity index (χ0n) is 15.6. The van der Waals surface area contributed by atoms with Crippen LogP contribution < -0.4 is 5.73 Å². The summed E-state index contributed by atoms with van der Waals surface area (Å²) >= 11 is 0. The second-order valence-electron chi connectivity index (χ2n) is 6.54. The quantitative estimate of drug-likeness (QED) is 0.678. The normalized spacial score (nSPS) is 12.7. The van der Waals surface area contributed by atoms with Crippen LogP contribution in [0, 0.1) is 6.92 Å². The fourth-order valence-electron chi connectivity index (χ4n) is 3.23. The zero-order chi connectivity index (χ0) is 20.5. The van der Waals surface area contributed by atoms with Crippen molar-refractivity contribution in [2.45, 2.75) is 25.0 Å². The highest BCUT2D eigenvalue weighted by atomic mass is 32.2. The molecule has 0 radical (unpaired) electrons. The van der Waals surface area contributed by atoms with Gasteiger partial charge in [-0.05, 0) is 42.8 Å². The molecule has 1 aromatic carbocycles. The lowest BCUT2D eigenvalue weighted by atomic mass is 10.1. The van der Waals surface area contributed by atoms with Gasteiger partial charge in [-0.25, -0.2) is 22.2 Å². The summed E-state index contributed by atoms with van der Waals surface area (Å²) in [6.45, 7) is 1.11. The first-order chi connectivity index (χ1) is 13.3. The maximum absolute atomic E-state index is 14.2. The van der Waals surface area contributed by atoms with Gasteiger partial charge in [0.2, 0.25) is 0 Å². The number of halogens is 2. The molecule has 3 aromatic rings. The van der Waals surface area contributed by atoms with Gasteiger partial charge in [-0.3, -0.25) is 0 Å². The number of hydrogen-bond acceptors (Lipinski definition) is 4. The molecule has 0 saturated heterocycles. The maximum atomic E-state index is 14.2. The van der Waals surface area contributed by atoms with Crippen LogP contribution in [0.2, 0.25) is 0 Å². The highest BCUT2D eigenvalue weighted by Gasteiger charge is 2.19. The van der Waals surface area contributed by atoms with E-state index in [4.69, 9.17) is 5.73 Å². The molecule has 0 aliphatic carbocycles. The number of fused-ring (bicyclic) bond motifs is 1. The van der Waals surface area contributed by atoms with Crippen LogP contribution in [0.1, 0.15) is 11.4 Å². The summed E-state index contributed by atoms with van der Waals surface area (Å²) in [5, 5.41) is 0. The second-order valence-corrected chi connectivity index (χ2v) is 8.55. The van der Waals surface area contributed by atoms with E-state index in [0.717, 1.165) is 6.26 Å². The van der Waals surface area contributed by atoms with E-state index in [1.54, 1.807) is 41.8 Å². The van der Waals surface area contributed by atoms with Gasteiger partial charge in [0, 0.05) is 24.1 Å². The molecule has 2 heterocycles. The lowest BCUT2D eigenvalue weighted by Gasteiger charge is -2.08. The highest BCUT2D eigenvalue weighted by molar-refractivity contribution is 7.90. The van der Waals surface area contributed by atoms with Crippen molar-refractivity contribution in [2.24, 2.45) is 5.73 Å². The molecule has 0 bridgehead atoms. The fraction of sp³-hybridized carbons (Fsp3) is 0.250. The Hall–Kier alpha value is -2.58. The van der Waals surface area contributed by atoms with Gasteiger partial charge in [-0.2, -0.15) is 0 Å². The molecule has 8 heteroatoms. The average Bonchev–Trinajstić information content (AvgIpc) is 2.92. The minimum absolute atomic E-state index is 0.0397. The Bertz CT molecular complexity index is 1170. The minimum atomic E-state index is -3.40. The Morgan fingerprint density at radius 1 is 1.29 bits per heavy atom. The van der Waals surface area contributed by atoms with E-state index in [-0.39, 0.29) is 23.7 Å². The molecule has 148 valence electrons. The first-order valence-electron chi connectivity index (χ1n) is 8.66. The number of nitrogens with two attached hydrogens (primary N) is 1. The van der Waals surface area contributed by atoms with Gasteiger partial charge in [0.05, 0.1) is 28.2 Å². The number of rotatable bonds is 6. The highest BCUT2D eigenvalue weighted by Crippen LogP contribution is 2.35. The summed E-state index contributed by atoms with van der Waals surface area (Å²) < 4.78 is 53.0. The van der Waals surface area contributed by atoms with Gasteiger partial charge >= 0.3 is 0 Å². The standard InChI is InChI=1S/C20H21F2N3O2S/c1-13-19(14-4-3-5-17(10-14)28(2,26)27)20-18(7-6-16(11-21)24-20)25(13)12-15(22)8-9-23/h3-8,10H,9,11-12,23H2,1-2H3. The van der Waals surface area contributed by atoms with Gasteiger partial charge in [0.25, 0.3) is 0 Å². The van der Waals surface area contributed by atoms with E-state index in [1.807, 2.05) is 0 Å². The number of pyridine rings is 1. The van der Waals surface area contributed by atoms with E-state index < -0.39 is 22.3 Å². The number of alkyl halides is 1. The Kier molecular flexibility index (Phi) is 5.62. The van der Waals surface area contributed by atoms with Gasteiger partial charge in [0.1, 0.15) is 12.5 Å². The lowest BCUT2D eigenvalue weighted by Crippen LogP contribution is -2.03. The van der Waals surface area contributed by atoms with Crippen LogP contribution in [0.15, 0.2) is 53.2 Å². The summed E-state index contributed by atoms with van der Waals surface area (Å²) in [4.78, 5) is 4.55. The topological polar surface area (TPSA) is 78.0 Å². The molecular formula is C20H21F2N3O2S. The second kappa shape index (κ2) is 7.81. The minimum Gasteiger partial charge on any atom is -0.336 e. The Morgan fingerprint density at radius 2 is 2.04 bits per heavy atom. The molecule has 0 amide bonds. The third kappa shape index (κ3) is 3.83. The molecule has 0 fully saturated rings. The molecule has 5 nitrogen and oxygen atoms in total. The number of sulfone groups is 1. The maximum Gasteiger partial charge on any atom is 0.175 e. The van der Waals surface area contributed by atoms with E-state index in [1.165, 1.54) is 12.1 Å². The molecule has 3 rings (SSSR count). The number of aromatic nitrogens is 2. The van der Waals surface area contributed by atoms with E-state index in [2.05, 4.69) is 4.98 Å². The van der Waals surface area contributed by atoms with Gasteiger partial charge in [0.15, 0.2) is 9.84 Å². The summed E-state index contributed by atoms with van der Waals surface area (Å²) in [5.41, 5.74) is 8.74. The van der Waals surface area contributed by atoms with Crippen molar-refractivity contribution in [2.75, 3.05) is 12.8 Å². The smallest absolute Gasteiger partial charge is 0.175 e. The van der Waals surface area contributed by atoms with Crippen LogP contribution in [0.3, 0.4) is 0 Å². The van der Waals surface area contributed by atoms with E-state index in [0.29, 0.717) is 27.9 Å². The molecule has 0 spiro atoms. The molecule has 0 aliphatic heterocycles. The third-order valence-corrected chi connectivity index (χ3v) is 5.67. The average molecular weight is 405 g/mol. The SMILES string of the molecule is Cc1c(-c2cccc(S(C)(=O)=O)c2)c2nc(CF)ccc2n1CC(F)=CCN. The monoisotopic (exact) mass is 405 g/mol. The summed E-state index contributed by atoms with van der Waals surface area (Å²) in [5.74, 6) is -0.395. The van der Waals surface area contributed by atoms with Gasteiger partial charge < -0.3 is 10.3 Å². The Morgan fingerprint density at radius 3 is 2.68 bits per heavy atom. The third-order valence-electron chi connectivity index (χ3n) is 4.56. The van der Waals surface area contributed by atoms with Crippen LogP contribution in [-0.4, -0.2) is 30.8 Å². The number of hydrogen-bond donors (Lipinski definition) is 1. The lowest BCUT2D eigenvalue weighted by molar-refractivity contribution is 0.477. The van der Waals surface area contributed by atoms with Crippen molar-refractivity contribution in [3.8, 4) is 11.1 Å². The molecular weight excluding hydrogens is 384 g/mol. The van der Waals surface area contributed by atoms with Crippen LogP contribution in [0.25, 0.3) is 22.2 Å².